The van der Waals surface area contributed by atoms with Crippen molar-refractivity contribution in [3.8, 4) is 0 Å². The molecule has 0 saturated heterocycles. The van der Waals surface area contributed by atoms with Gasteiger partial charge < -0.3 is 20.3 Å². The van der Waals surface area contributed by atoms with E-state index in [0.29, 0.717) is 6.61 Å². The predicted octanol–water partition coefficient (Wildman–Crippen LogP) is 0.0627. The van der Waals surface area contributed by atoms with Crippen molar-refractivity contribution in [2.24, 2.45) is 0 Å². The average Bonchev–Trinajstić information content (AvgIpc) is 2.38. The molecule has 0 heterocycles. The van der Waals surface area contributed by atoms with Crippen molar-refractivity contribution in [1.29, 1.82) is 0 Å². The van der Waals surface area contributed by atoms with Gasteiger partial charge in [-0.05, 0) is 12.5 Å². The molecule has 0 aliphatic carbocycles. The Morgan fingerprint density at radius 2 is 2.06 bits per heavy atom. The van der Waals surface area contributed by atoms with E-state index in [9.17, 15) is 9.90 Å². The maximum atomic E-state index is 11.4. The van der Waals surface area contributed by atoms with Gasteiger partial charge in [-0.1, -0.05) is 30.3 Å². The molecule has 5 nitrogen and oxygen atoms in total. The first-order chi connectivity index (χ1) is 8.53. The van der Waals surface area contributed by atoms with Crippen molar-refractivity contribution in [2.45, 2.75) is 19.1 Å². The number of carbonyl (C=O) groups is 1. The minimum atomic E-state index is -1.30. The molecule has 1 unspecified atom stereocenters. The van der Waals surface area contributed by atoms with Crippen LogP contribution >= 0.6 is 0 Å². The van der Waals surface area contributed by atoms with Gasteiger partial charge in [0.2, 0.25) is 5.91 Å². The molecule has 0 saturated carbocycles. The standard InChI is InChI=1S/C13H19NO4/c1-13(17,10-15)9-14-12(16)8-18-7-11-5-3-2-4-6-11/h2-6,15,17H,7-10H2,1H3,(H,14,16). The third-order valence-corrected chi connectivity index (χ3v) is 2.35. The van der Waals surface area contributed by atoms with E-state index < -0.39 is 12.2 Å². The summed E-state index contributed by atoms with van der Waals surface area (Å²) in [5, 5.41) is 20.8. The zero-order valence-corrected chi connectivity index (χ0v) is 10.4. The number of benzene rings is 1. The van der Waals surface area contributed by atoms with Crippen molar-refractivity contribution in [1.82, 2.24) is 5.32 Å². The Morgan fingerprint density at radius 1 is 1.39 bits per heavy atom. The number of carbonyl (C=O) groups excluding carboxylic acids is 1. The van der Waals surface area contributed by atoms with Crippen LogP contribution in [0.2, 0.25) is 0 Å². The van der Waals surface area contributed by atoms with Crippen molar-refractivity contribution in [3.05, 3.63) is 35.9 Å². The molecule has 0 aromatic heterocycles. The third-order valence-electron chi connectivity index (χ3n) is 2.35. The van der Waals surface area contributed by atoms with Gasteiger partial charge in [-0.2, -0.15) is 0 Å². The van der Waals surface area contributed by atoms with E-state index in [-0.39, 0.29) is 19.1 Å². The molecule has 0 fully saturated rings. The second-order valence-electron chi connectivity index (χ2n) is 4.41. The molecule has 0 aliphatic heterocycles. The lowest BCUT2D eigenvalue weighted by molar-refractivity contribution is -0.127. The fraction of sp³-hybridized carbons (Fsp3) is 0.462. The topological polar surface area (TPSA) is 78.8 Å². The van der Waals surface area contributed by atoms with Crippen LogP contribution in [0, 0.1) is 0 Å². The summed E-state index contributed by atoms with van der Waals surface area (Å²) in [4.78, 5) is 11.4. The lowest BCUT2D eigenvalue weighted by atomic mass is 10.1. The first-order valence-corrected chi connectivity index (χ1v) is 5.75. The average molecular weight is 253 g/mol. The highest BCUT2D eigenvalue weighted by atomic mass is 16.5. The maximum absolute atomic E-state index is 11.4. The first-order valence-electron chi connectivity index (χ1n) is 5.75. The summed E-state index contributed by atoms with van der Waals surface area (Å²) in [6.07, 6.45) is 0. The van der Waals surface area contributed by atoms with Crippen LogP contribution in [0.3, 0.4) is 0 Å². The molecule has 0 radical (unpaired) electrons. The zero-order valence-electron chi connectivity index (χ0n) is 10.4. The number of rotatable bonds is 7. The van der Waals surface area contributed by atoms with Gasteiger partial charge in [-0.3, -0.25) is 4.79 Å². The third kappa shape index (κ3) is 5.77. The van der Waals surface area contributed by atoms with Gasteiger partial charge >= 0.3 is 0 Å². The number of aliphatic hydroxyl groups is 2. The number of aliphatic hydroxyl groups excluding tert-OH is 1. The van der Waals surface area contributed by atoms with Crippen molar-refractivity contribution in [3.63, 3.8) is 0 Å². The van der Waals surface area contributed by atoms with Crippen LogP contribution in [0.25, 0.3) is 0 Å². The van der Waals surface area contributed by atoms with Crippen LogP contribution in [0.1, 0.15) is 12.5 Å². The molecule has 1 aromatic carbocycles. The number of nitrogens with one attached hydrogen (secondary N) is 1. The molecule has 3 N–H and O–H groups in total. The molecule has 1 amide bonds. The summed E-state index contributed by atoms with van der Waals surface area (Å²) in [6.45, 7) is 1.33. The van der Waals surface area contributed by atoms with E-state index in [1.165, 1.54) is 6.92 Å². The van der Waals surface area contributed by atoms with Gasteiger partial charge in [0.1, 0.15) is 12.2 Å². The SMILES string of the molecule is CC(O)(CO)CNC(=O)COCc1ccccc1. The molecular formula is C13H19NO4. The second kappa shape index (κ2) is 7.10. The summed E-state index contributed by atoms with van der Waals surface area (Å²) in [6, 6.07) is 9.53. The molecule has 1 aromatic rings. The summed E-state index contributed by atoms with van der Waals surface area (Å²) in [5.41, 5.74) is -0.303. The van der Waals surface area contributed by atoms with Crippen molar-refractivity contribution < 1.29 is 19.7 Å². The van der Waals surface area contributed by atoms with Crippen LogP contribution in [-0.4, -0.2) is 41.5 Å². The Hall–Kier alpha value is -1.43. The van der Waals surface area contributed by atoms with Crippen LogP contribution in [-0.2, 0) is 16.1 Å². The van der Waals surface area contributed by atoms with E-state index in [0.717, 1.165) is 5.56 Å². The number of hydrogen-bond donors (Lipinski definition) is 3. The van der Waals surface area contributed by atoms with Gasteiger partial charge in [0.15, 0.2) is 0 Å². The molecule has 5 heteroatoms. The van der Waals surface area contributed by atoms with Gasteiger partial charge in [-0.15, -0.1) is 0 Å². The molecule has 100 valence electrons. The summed E-state index contributed by atoms with van der Waals surface area (Å²) in [5.74, 6) is -0.320. The second-order valence-corrected chi connectivity index (χ2v) is 4.41. The fourth-order valence-electron chi connectivity index (χ4n) is 1.23. The van der Waals surface area contributed by atoms with Crippen LogP contribution in [0.4, 0.5) is 0 Å². The molecule has 1 rings (SSSR count). The van der Waals surface area contributed by atoms with Gasteiger partial charge in [0.05, 0.1) is 13.2 Å². The van der Waals surface area contributed by atoms with Crippen molar-refractivity contribution >= 4 is 5.91 Å². The minimum Gasteiger partial charge on any atom is -0.393 e. The van der Waals surface area contributed by atoms with Gasteiger partial charge in [-0.25, -0.2) is 0 Å². The molecule has 0 bridgehead atoms. The fourth-order valence-corrected chi connectivity index (χ4v) is 1.23. The largest absolute Gasteiger partial charge is 0.393 e. The van der Waals surface area contributed by atoms with E-state index in [1.54, 1.807) is 0 Å². The Bertz CT molecular complexity index is 365. The minimum absolute atomic E-state index is 0.00295. The maximum Gasteiger partial charge on any atom is 0.246 e. The van der Waals surface area contributed by atoms with Gasteiger partial charge in [0, 0.05) is 6.54 Å². The first kappa shape index (κ1) is 14.6. The molecular weight excluding hydrogens is 234 g/mol. The number of amides is 1. The van der Waals surface area contributed by atoms with E-state index >= 15 is 0 Å². The Labute approximate surface area is 106 Å². The lowest BCUT2D eigenvalue weighted by Crippen LogP contribution is -2.44. The van der Waals surface area contributed by atoms with E-state index in [4.69, 9.17) is 9.84 Å². The Morgan fingerprint density at radius 3 is 2.67 bits per heavy atom. The number of ether oxygens (including phenoxy) is 1. The summed E-state index contributed by atoms with van der Waals surface area (Å²) >= 11 is 0. The highest BCUT2D eigenvalue weighted by Crippen LogP contribution is 2.00. The molecule has 1 atom stereocenters. The zero-order chi connectivity index (χ0) is 13.4. The van der Waals surface area contributed by atoms with Crippen molar-refractivity contribution in [2.75, 3.05) is 19.8 Å². The quantitative estimate of drug-likeness (QED) is 0.642. The molecule has 0 aliphatic rings. The molecule has 18 heavy (non-hydrogen) atoms. The normalized spacial score (nSPS) is 13.9. The van der Waals surface area contributed by atoms with Crippen LogP contribution in [0.15, 0.2) is 30.3 Å². The van der Waals surface area contributed by atoms with Gasteiger partial charge in [0.25, 0.3) is 0 Å². The number of hydrogen-bond acceptors (Lipinski definition) is 4. The van der Waals surface area contributed by atoms with E-state index in [2.05, 4.69) is 5.32 Å². The Balaban J connectivity index is 2.18. The highest BCUT2D eigenvalue weighted by molar-refractivity contribution is 5.77. The summed E-state index contributed by atoms with van der Waals surface area (Å²) in [7, 11) is 0. The van der Waals surface area contributed by atoms with Crippen LogP contribution in [0.5, 0.6) is 0 Å². The van der Waals surface area contributed by atoms with E-state index in [1.807, 2.05) is 30.3 Å². The van der Waals surface area contributed by atoms with Crippen LogP contribution < -0.4 is 5.32 Å². The lowest BCUT2D eigenvalue weighted by Gasteiger charge is -2.20. The smallest absolute Gasteiger partial charge is 0.246 e. The Kier molecular flexibility index (Phi) is 5.77. The highest BCUT2D eigenvalue weighted by Gasteiger charge is 2.19. The molecule has 0 spiro atoms. The predicted molar refractivity (Wildman–Crippen MR) is 66.8 cm³/mol. The monoisotopic (exact) mass is 253 g/mol. The summed E-state index contributed by atoms with van der Waals surface area (Å²) < 4.78 is 5.22.